The zero-order valence-corrected chi connectivity index (χ0v) is 31.5. The molecule has 0 saturated carbocycles. The number of terminal acetylenes is 1. The molecule has 0 spiro atoms. The predicted molar refractivity (Wildman–Crippen MR) is 199 cm³/mol. The maximum Gasteiger partial charge on any atom is 0.312 e. The molecule has 0 amide bonds. The van der Waals surface area contributed by atoms with Crippen molar-refractivity contribution < 1.29 is 28.2 Å². The minimum absolute atomic E-state index is 0.108. The summed E-state index contributed by atoms with van der Waals surface area (Å²) >= 11 is 0. The van der Waals surface area contributed by atoms with Gasteiger partial charge in [0.05, 0.1) is 6.33 Å². The maximum atomic E-state index is 14.1. The summed E-state index contributed by atoms with van der Waals surface area (Å²) in [4.78, 5) is 37.5. The van der Waals surface area contributed by atoms with Crippen LogP contribution in [-0.2, 0) is 23.8 Å². The van der Waals surface area contributed by atoms with E-state index < -0.39 is 24.0 Å². The Balaban J connectivity index is 1.50. The Labute approximate surface area is 305 Å². The zero-order valence-electron chi connectivity index (χ0n) is 31.5. The molecule has 3 atom stereocenters. The van der Waals surface area contributed by atoms with Crippen molar-refractivity contribution in [3.05, 3.63) is 12.4 Å². The van der Waals surface area contributed by atoms with Gasteiger partial charge in [0.1, 0.15) is 18.9 Å². The smallest absolute Gasteiger partial charge is 0.312 e. The van der Waals surface area contributed by atoms with Crippen LogP contribution in [0.2, 0.25) is 0 Å². The lowest BCUT2D eigenvalue weighted by molar-refractivity contribution is -0.166. The van der Waals surface area contributed by atoms with Gasteiger partial charge >= 0.3 is 18.0 Å². The molecule has 3 rings (SSSR count). The van der Waals surface area contributed by atoms with Crippen LogP contribution in [0.5, 0.6) is 0 Å². The minimum Gasteiger partial charge on any atom is -0.461 e. The third-order valence-corrected chi connectivity index (χ3v) is 9.95. The second kappa shape index (κ2) is 24.1. The van der Waals surface area contributed by atoms with E-state index >= 15 is 0 Å². The molecule has 0 aromatic carbocycles. The van der Waals surface area contributed by atoms with Crippen LogP contribution < -0.4 is 5.73 Å². The number of ether oxygens (including phenoxy) is 3. The molecule has 0 bridgehead atoms. The summed E-state index contributed by atoms with van der Waals surface area (Å²) in [5.41, 5.74) is 4.66. The Morgan fingerprint density at radius 2 is 1.33 bits per heavy atom. The van der Waals surface area contributed by atoms with Crippen LogP contribution in [0.1, 0.15) is 181 Å². The van der Waals surface area contributed by atoms with Crippen molar-refractivity contribution in [1.82, 2.24) is 19.5 Å². The summed E-state index contributed by atoms with van der Waals surface area (Å²) in [6.07, 6.45) is 31.3. The number of hydrogen-bond acceptors (Lipinski definition) is 9. The van der Waals surface area contributed by atoms with Gasteiger partial charge in [0.15, 0.2) is 17.0 Å². The van der Waals surface area contributed by atoms with Crippen LogP contribution in [0.3, 0.4) is 0 Å². The van der Waals surface area contributed by atoms with Crippen molar-refractivity contribution in [1.29, 1.82) is 0 Å². The quantitative estimate of drug-likeness (QED) is 0.0396. The number of unbranched alkanes of at least 4 members (excludes halogenated alkanes) is 20. The van der Waals surface area contributed by atoms with Gasteiger partial charge in [0.2, 0.25) is 5.60 Å². The monoisotopic (exact) mass is 713 g/mol. The Morgan fingerprint density at radius 3 is 1.84 bits per heavy atom. The van der Waals surface area contributed by atoms with Gasteiger partial charge in [0, 0.05) is 19.3 Å². The third-order valence-electron chi connectivity index (χ3n) is 9.95. The van der Waals surface area contributed by atoms with E-state index in [4.69, 9.17) is 26.4 Å². The van der Waals surface area contributed by atoms with Crippen LogP contribution in [-0.4, -0.2) is 49.8 Å². The number of fused-ring (bicyclic) bond motifs is 1. The first-order valence-corrected chi connectivity index (χ1v) is 20.0. The summed E-state index contributed by atoms with van der Waals surface area (Å²) < 4.78 is 33.5. The van der Waals surface area contributed by atoms with Crippen molar-refractivity contribution in [2.45, 2.75) is 192 Å². The Morgan fingerprint density at radius 1 is 0.843 bits per heavy atom. The molecule has 2 aromatic heterocycles. The number of imidazole rings is 1. The SMILES string of the molecule is C#CC1(COC(=O)CCCCCCCCCCCCC)OC(n2cnc3c(N)nc(F)nc32)C[C@@H]1OC(=O)CCCCCCCCCCCCC. The molecule has 2 unspecified atom stereocenters. The lowest BCUT2D eigenvalue weighted by Crippen LogP contribution is -2.45. The summed E-state index contributed by atoms with van der Waals surface area (Å²) in [7, 11) is 0. The van der Waals surface area contributed by atoms with E-state index in [1.807, 2.05) is 0 Å². The van der Waals surface area contributed by atoms with Crippen molar-refractivity contribution >= 4 is 28.9 Å². The molecule has 10 nitrogen and oxygen atoms in total. The Bertz CT molecular complexity index is 1350. The molecular weight excluding hydrogens is 649 g/mol. The van der Waals surface area contributed by atoms with Crippen LogP contribution in [0.4, 0.5) is 10.2 Å². The fourth-order valence-corrected chi connectivity index (χ4v) is 6.82. The molecular formula is C40H64FN5O5. The molecule has 286 valence electrons. The normalized spacial score (nSPS) is 18.6. The van der Waals surface area contributed by atoms with Gasteiger partial charge in [-0.25, -0.2) is 4.98 Å². The maximum absolute atomic E-state index is 14.1. The predicted octanol–water partition coefficient (Wildman–Crippen LogP) is 9.70. The summed E-state index contributed by atoms with van der Waals surface area (Å²) in [5.74, 6) is 1.76. The van der Waals surface area contributed by atoms with Crippen LogP contribution >= 0.6 is 0 Å². The zero-order chi connectivity index (χ0) is 36.7. The van der Waals surface area contributed by atoms with Crippen molar-refractivity contribution in [2.75, 3.05) is 12.3 Å². The number of nitrogen functional groups attached to an aromatic ring is 1. The van der Waals surface area contributed by atoms with Crippen molar-refractivity contribution in [3.8, 4) is 12.3 Å². The average molecular weight is 714 g/mol. The summed E-state index contributed by atoms with van der Waals surface area (Å²) in [5, 5.41) is 0. The molecule has 3 heterocycles. The van der Waals surface area contributed by atoms with E-state index in [1.165, 1.54) is 114 Å². The highest BCUT2D eigenvalue weighted by Gasteiger charge is 2.52. The number of nitrogens with two attached hydrogens (primary N) is 1. The summed E-state index contributed by atoms with van der Waals surface area (Å²) in [6, 6.07) is 0. The molecule has 1 aliphatic heterocycles. The molecule has 0 aliphatic carbocycles. The van der Waals surface area contributed by atoms with E-state index in [-0.39, 0.29) is 54.8 Å². The fraction of sp³-hybridized carbons (Fsp3) is 0.775. The van der Waals surface area contributed by atoms with E-state index in [2.05, 4.69) is 34.7 Å². The molecule has 2 N–H and O–H groups in total. The first-order valence-electron chi connectivity index (χ1n) is 20.0. The van der Waals surface area contributed by atoms with E-state index in [0.29, 0.717) is 6.42 Å². The second-order valence-electron chi connectivity index (χ2n) is 14.3. The van der Waals surface area contributed by atoms with Crippen LogP contribution in [0.25, 0.3) is 11.2 Å². The number of nitrogens with zero attached hydrogens (tertiary/aromatic N) is 4. The third kappa shape index (κ3) is 14.7. The van der Waals surface area contributed by atoms with E-state index in [1.54, 1.807) is 0 Å². The van der Waals surface area contributed by atoms with Gasteiger partial charge in [0.25, 0.3) is 0 Å². The first kappa shape index (κ1) is 42.2. The Kier molecular flexibility index (Phi) is 19.9. The van der Waals surface area contributed by atoms with Gasteiger partial charge in [-0.3, -0.25) is 14.2 Å². The van der Waals surface area contributed by atoms with Crippen LogP contribution in [0.15, 0.2) is 6.33 Å². The highest BCUT2D eigenvalue weighted by atomic mass is 19.1. The lowest BCUT2D eigenvalue weighted by Gasteiger charge is -2.28. The highest BCUT2D eigenvalue weighted by Crippen LogP contribution is 2.40. The number of anilines is 1. The molecule has 51 heavy (non-hydrogen) atoms. The van der Waals surface area contributed by atoms with Gasteiger partial charge in [-0.05, 0) is 12.8 Å². The molecule has 1 aliphatic rings. The standard InChI is InChI=1S/C40H64FN5O5/c1-4-7-9-11-13-15-17-19-21-23-25-27-34(47)49-30-40(6-3)32(50-35(48)28-26-24-22-20-18-16-14-12-10-8-5-2)29-33(51-40)46-31-43-36-37(42)44-39(41)45-38(36)46/h3,31-33H,4-5,7-30H2,1-2H3,(H2,42,44,45)/t32-,33?,40?/m0/s1. The lowest BCUT2D eigenvalue weighted by atomic mass is 9.98. The molecule has 1 saturated heterocycles. The fourth-order valence-electron chi connectivity index (χ4n) is 6.82. The molecule has 2 aromatic rings. The molecule has 11 heteroatoms. The van der Waals surface area contributed by atoms with E-state index in [0.717, 1.165) is 32.1 Å². The second-order valence-corrected chi connectivity index (χ2v) is 14.3. The number of rotatable bonds is 28. The van der Waals surface area contributed by atoms with Crippen molar-refractivity contribution in [2.24, 2.45) is 0 Å². The Hall–Kier alpha value is -3.26. The number of aromatic nitrogens is 4. The number of halogens is 1. The number of esters is 2. The highest BCUT2D eigenvalue weighted by molar-refractivity contribution is 5.81. The van der Waals surface area contributed by atoms with Crippen molar-refractivity contribution in [3.63, 3.8) is 0 Å². The van der Waals surface area contributed by atoms with E-state index in [9.17, 15) is 14.0 Å². The topological polar surface area (TPSA) is 131 Å². The van der Waals surface area contributed by atoms with Gasteiger partial charge in [-0.2, -0.15) is 14.4 Å². The molecule has 0 radical (unpaired) electrons. The number of hydrogen-bond donors (Lipinski definition) is 1. The van der Waals surface area contributed by atoms with Gasteiger partial charge < -0.3 is 19.9 Å². The number of carbonyl (C=O) groups is 2. The van der Waals surface area contributed by atoms with Gasteiger partial charge in [-0.15, -0.1) is 6.42 Å². The largest absolute Gasteiger partial charge is 0.461 e. The first-order chi connectivity index (χ1) is 24.8. The summed E-state index contributed by atoms with van der Waals surface area (Å²) in [6.45, 7) is 4.18. The van der Waals surface area contributed by atoms with Gasteiger partial charge in [-0.1, -0.05) is 148 Å². The number of carbonyl (C=O) groups excluding carboxylic acids is 2. The average Bonchev–Trinajstić information content (AvgIpc) is 3.70. The van der Waals surface area contributed by atoms with Crippen LogP contribution in [0, 0.1) is 18.4 Å². The molecule has 1 fully saturated rings. The minimum atomic E-state index is -1.54.